The van der Waals surface area contributed by atoms with E-state index >= 15 is 0 Å². The van der Waals surface area contributed by atoms with Gasteiger partial charge in [0.25, 0.3) is 0 Å². The predicted octanol–water partition coefficient (Wildman–Crippen LogP) is 1.34. The molecule has 1 aliphatic rings. The normalized spacial score (nSPS) is 15.0. The Morgan fingerprint density at radius 2 is 1.81 bits per heavy atom. The number of amides is 1. The SMILES string of the molecule is CC(NS(=O)(=O)c1ccccc1)C(=O)Nc1ccccc1C1=NCCN1. The Balaban J connectivity index is 1.73. The van der Waals surface area contributed by atoms with Gasteiger partial charge in [-0.2, -0.15) is 4.72 Å². The van der Waals surface area contributed by atoms with Crippen molar-refractivity contribution in [1.29, 1.82) is 0 Å². The van der Waals surface area contributed by atoms with Gasteiger partial charge in [-0.3, -0.25) is 9.79 Å². The van der Waals surface area contributed by atoms with Gasteiger partial charge in [0, 0.05) is 12.1 Å². The second-order valence-electron chi connectivity index (χ2n) is 5.85. The maximum absolute atomic E-state index is 12.5. The van der Waals surface area contributed by atoms with Crippen LogP contribution in [0.2, 0.25) is 0 Å². The fourth-order valence-corrected chi connectivity index (χ4v) is 3.80. The van der Waals surface area contributed by atoms with Gasteiger partial charge in [0.15, 0.2) is 0 Å². The number of sulfonamides is 1. The number of hydrogen-bond acceptors (Lipinski definition) is 5. The molecule has 3 N–H and O–H groups in total. The summed E-state index contributed by atoms with van der Waals surface area (Å²) in [6, 6.07) is 14.3. The van der Waals surface area contributed by atoms with E-state index in [9.17, 15) is 13.2 Å². The van der Waals surface area contributed by atoms with Crippen LogP contribution in [0.1, 0.15) is 12.5 Å². The van der Waals surface area contributed by atoms with Crippen molar-refractivity contribution in [3.05, 3.63) is 60.2 Å². The zero-order valence-corrected chi connectivity index (χ0v) is 15.1. The number of hydrogen-bond donors (Lipinski definition) is 3. The van der Waals surface area contributed by atoms with Crippen molar-refractivity contribution in [2.75, 3.05) is 18.4 Å². The van der Waals surface area contributed by atoms with Crippen LogP contribution < -0.4 is 15.4 Å². The van der Waals surface area contributed by atoms with Crippen molar-refractivity contribution in [2.45, 2.75) is 17.9 Å². The van der Waals surface area contributed by atoms with Crippen LogP contribution >= 0.6 is 0 Å². The molecule has 0 aromatic heterocycles. The molecule has 0 saturated carbocycles. The van der Waals surface area contributed by atoms with E-state index in [1.54, 1.807) is 30.3 Å². The summed E-state index contributed by atoms with van der Waals surface area (Å²) in [7, 11) is -3.77. The molecule has 1 atom stereocenters. The molecule has 2 aromatic rings. The molecule has 0 saturated heterocycles. The molecule has 1 heterocycles. The van der Waals surface area contributed by atoms with Crippen molar-refractivity contribution in [3.63, 3.8) is 0 Å². The topological polar surface area (TPSA) is 99.7 Å². The molecule has 0 aliphatic carbocycles. The van der Waals surface area contributed by atoms with E-state index < -0.39 is 22.0 Å². The minimum Gasteiger partial charge on any atom is -0.368 e. The van der Waals surface area contributed by atoms with E-state index in [4.69, 9.17) is 0 Å². The highest BCUT2D eigenvalue weighted by molar-refractivity contribution is 7.89. The zero-order chi connectivity index (χ0) is 18.6. The lowest BCUT2D eigenvalue weighted by atomic mass is 10.1. The Morgan fingerprint density at radius 3 is 2.50 bits per heavy atom. The minimum absolute atomic E-state index is 0.115. The molecule has 0 spiro atoms. The summed E-state index contributed by atoms with van der Waals surface area (Å²) in [5.74, 6) is 0.272. The summed E-state index contributed by atoms with van der Waals surface area (Å²) in [5, 5.41) is 5.94. The van der Waals surface area contributed by atoms with E-state index in [1.807, 2.05) is 12.1 Å². The van der Waals surface area contributed by atoms with Gasteiger partial charge in [-0.05, 0) is 31.2 Å². The van der Waals surface area contributed by atoms with Gasteiger partial charge in [-0.15, -0.1) is 0 Å². The van der Waals surface area contributed by atoms with E-state index in [2.05, 4.69) is 20.3 Å². The molecule has 0 fully saturated rings. The molecule has 0 radical (unpaired) electrons. The third-order valence-electron chi connectivity index (χ3n) is 3.89. The first-order valence-corrected chi connectivity index (χ1v) is 9.71. The van der Waals surface area contributed by atoms with Gasteiger partial charge in [-0.25, -0.2) is 8.42 Å². The maximum atomic E-state index is 12.5. The van der Waals surface area contributed by atoms with Crippen LogP contribution in [0.3, 0.4) is 0 Å². The number of aliphatic imine (C=N–C) groups is 1. The lowest BCUT2D eigenvalue weighted by Crippen LogP contribution is -2.41. The number of nitrogens with one attached hydrogen (secondary N) is 3. The Hall–Kier alpha value is -2.71. The summed E-state index contributed by atoms with van der Waals surface area (Å²) < 4.78 is 27.1. The van der Waals surface area contributed by atoms with E-state index in [-0.39, 0.29) is 4.90 Å². The van der Waals surface area contributed by atoms with Crippen LogP contribution in [0.25, 0.3) is 0 Å². The Bertz CT molecular complexity index is 926. The number of amidine groups is 1. The predicted molar refractivity (Wildman–Crippen MR) is 101 cm³/mol. The highest BCUT2D eigenvalue weighted by Crippen LogP contribution is 2.17. The Kier molecular flexibility index (Phi) is 5.34. The fourth-order valence-electron chi connectivity index (χ4n) is 2.57. The lowest BCUT2D eigenvalue weighted by Gasteiger charge is -2.16. The first-order chi connectivity index (χ1) is 12.5. The highest BCUT2D eigenvalue weighted by atomic mass is 32.2. The van der Waals surface area contributed by atoms with Crippen LogP contribution in [-0.4, -0.2) is 39.3 Å². The third-order valence-corrected chi connectivity index (χ3v) is 5.45. The number of para-hydroxylation sites is 1. The summed E-state index contributed by atoms with van der Waals surface area (Å²) in [5.41, 5.74) is 1.35. The highest BCUT2D eigenvalue weighted by Gasteiger charge is 2.23. The standard InChI is InChI=1S/C18H20N4O3S/c1-13(22-26(24,25)14-7-3-2-4-8-14)18(23)21-16-10-6-5-9-15(16)17-19-11-12-20-17/h2-10,13,22H,11-12H2,1H3,(H,19,20)(H,21,23). The van der Waals surface area contributed by atoms with Crippen LogP contribution in [0, 0.1) is 0 Å². The monoisotopic (exact) mass is 372 g/mol. The second-order valence-corrected chi connectivity index (χ2v) is 7.56. The van der Waals surface area contributed by atoms with Gasteiger partial charge in [-0.1, -0.05) is 30.3 Å². The van der Waals surface area contributed by atoms with Gasteiger partial charge in [0.1, 0.15) is 5.84 Å². The van der Waals surface area contributed by atoms with Crippen LogP contribution in [0.15, 0.2) is 64.5 Å². The van der Waals surface area contributed by atoms with Crippen molar-refractivity contribution in [2.24, 2.45) is 4.99 Å². The van der Waals surface area contributed by atoms with E-state index in [0.717, 1.165) is 17.9 Å². The first-order valence-electron chi connectivity index (χ1n) is 8.23. The average molecular weight is 372 g/mol. The van der Waals surface area contributed by atoms with Crippen LogP contribution in [0.5, 0.6) is 0 Å². The largest absolute Gasteiger partial charge is 0.368 e. The summed E-state index contributed by atoms with van der Waals surface area (Å²) in [6.45, 7) is 2.94. The number of carbonyl (C=O) groups excluding carboxylic acids is 1. The Labute approximate surface area is 152 Å². The molecule has 7 nitrogen and oxygen atoms in total. The molecule has 136 valence electrons. The van der Waals surface area contributed by atoms with Crippen molar-refractivity contribution in [1.82, 2.24) is 10.0 Å². The molecule has 1 unspecified atom stereocenters. The van der Waals surface area contributed by atoms with Gasteiger partial charge in [0.05, 0.1) is 23.2 Å². The zero-order valence-electron chi connectivity index (χ0n) is 14.3. The van der Waals surface area contributed by atoms with Crippen molar-refractivity contribution in [3.8, 4) is 0 Å². The summed E-state index contributed by atoms with van der Waals surface area (Å²) in [6.07, 6.45) is 0. The molecule has 2 aromatic carbocycles. The first kappa shape index (κ1) is 18.1. The van der Waals surface area contributed by atoms with Gasteiger partial charge < -0.3 is 10.6 Å². The summed E-state index contributed by atoms with van der Waals surface area (Å²) in [4.78, 5) is 17.0. The van der Waals surface area contributed by atoms with Crippen LogP contribution in [-0.2, 0) is 14.8 Å². The fraction of sp³-hybridized carbons (Fsp3) is 0.222. The minimum atomic E-state index is -3.77. The molecule has 26 heavy (non-hydrogen) atoms. The quantitative estimate of drug-likeness (QED) is 0.712. The number of carbonyl (C=O) groups is 1. The number of benzene rings is 2. The molecule has 1 amide bonds. The van der Waals surface area contributed by atoms with E-state index in [0.29, 0.717) is 12.2 Å². The van der Waals surface area contributed by atoms with Crippen molar-refractivity contribution >= 4 is 27.5 Å². The van der Waals surface area contributed by atoms with Crippen molar-refractivity contribution < 1.29 is 13.2 Å². The van der Waals surface area contributed by atoms with E-state index in [1.165, 1.54) is 19.1 Å². The Morgan fingerprint density at radius 1 is 1.12 bits per heavy atom. The smallest absolute Gasteiger partial charge is 0.242 e. The third kappa shape index (κ3) is 4.09. The molecular formula is C18H20N4O3S. The van der Waals surface area contributed by atoms with Gasteiger partial charge in [0.2, 0.25) is 15.9 Å². The second kappa shape index (κ2) is 7.67. The molecule has 3 rings (SSSR count). The number of rotatable bonds is 6. The van der Waals surface area contributed by atoms with Crippen LogP contribution in [0.4, 0.5) is 5.69 Å². The summed E-state index contributed by atoms with van der Waals surface area (Å²) >= 11 is 0. The molecule has 1 aliphatic heterocycles. The average Bonchev–Trinajstić information content (AvgIpc) is 3.17. The lowest BCUT2D eigenvalue weighted by molar-refractivity contribution is -0.117. The number of anilines is 1. The molecule has 8 heteroatoms. The van der Waals surface area contributed by atoms with Gasteiger partial charge >= 0.3 is 0 Å². The number of nitrogens with zero attached hydrogens (tertiary/aromatic N) is 1. The molecular weight excluding hydrogens is 352 g/mol. The maximum Gasteiger partial charge on any atom is 0.242 e. The molecule has 0 bridgehead atoms.